The first-order valence-corrected chi connectivity index (χ1v) is 7.60. The molecule has 1 aromatic heterocycles. The zero-order valence-electron chi connectivity index (χ0n) is 13.0. The fourth-order valence-electron chi connectivity index (χ4n) is 2.24. The normalized spacial score (nSPS) is 14.2. The predicted molar refractivity (Wildman–Crippen MR) is 84.9 cm³/mol. The highest BCUT2D eigenvalue weighted by Crippen LogP contribution is 2.40. The van der Waals surface area contributed by atoms with E-state index < -0.39 is 17.7 Å². The Morgan fingerprint density at radius 1 is 1.20 bits per heavy atom. The summed E-state index contributed by atoms with van der Waals surface area (Å²) in [6.45, 7) is -0.326. The number of carbonyl (C=O) groups is 1. The summed E-state index contributed by atoms with van der Waals surface area (Å²) < 4.78 is 37.8. The Morgan fingerprint density at radius 3 is 2.44 bits per heavy atom. The van der Waals surface area contributed by atoms with Crippen LogP contribution in [0.3, 0.4) is 0 Å². The van der Waals surface area contributed by atoms with Crippen LogP contribution in [0.25, 0.3) is 0 Å². The first-order valence-electron chi connectivity index (χ1n) is 7.60. The molecule has 0 unspecified atom stereocenters. The SMILES string of the molecule is O=C(O)CNc1nc(Nc2ccc(C(F)(F)F)cc2)cc(C2CC2)n1. The van der Waals surface area contributed by atoms with Crippen molar-refractivity contribution in [3.05, 3.63) is 41.6 Å². The highest BCUT2D eigenvalue weighted by molar-refractivity contribution is 5.72. The highest BCUT2D eigenvalue weighted by atomic mass is 19.4. The van der Waals surface area contributed by atoms with Crippen LogP contribution in [-0.2, 0) is 11.0 Å². The van der Waals surface area contributed by atoms with Gasteiger partial charge in [-0.15, -0.1) is 0 Å². The van der Waals surface area contributed by atoms with Gasteiger partial charge in [0.1, 0.15) is 12.4 Å². The molecule has 132 valence electrons. The minimum Gasteiger partial charge on any atom is -0.480 e. The standard InChI is InChI=1S/C16H15F3N4O2/c17-16(18,19)10-3-5-11(6-4-10)21-13-7-12(9-1-2-9)22-15(23-13)20-8-14(24)25/h3-7,9H,1-2,8H2,(H,24,25)(H2,20,21,22,23). The molecule has 25 heavy (non-hydrogen) atoms. The zero-order valence-corrected chi connectivity index (χ0v) is 13.0. The van der Waals surface area contributed by atoms with Gasteiger partial charge in [0.25, 0.3) is 0 Å². The number of halogens is 3. The second-order valence-corrected chi connectivity index (χ2v) is 5.72. The summed E-state index contributed by atoms with van der Waals surface area (Å²) in [6, 6.07) is 6.31. The Hall–Kier alpha value is -2.84. The van der Waals surface area contributed by atoms with Gasteiger partial charge in [-0.1, -0.05) is 0 Å². The van der Waals surface area contributed by atoms with Crippen molar-refractivity contribution in [2.24, 2.45) is 0 Å². The summed E-state index contributed by atoms with van der Waals surface area (Å²) in [5.41, 5.74) is 0.484. The Labute approximate surface area is 141 Å². The summed E-state index contributed by atoms with van der Waals surface area (Å²) in [6.07, 6.45) is -2.40. The molecule has 1 aliphatic rings. The van der Waals surface area contributed by atoms with Gasteiger partial charge < -0.3 is 15.7 Å². The zero-order chi connectivity index (χ0) is 18.0. The maximum atomic E-state index is 12.6. The van der Waals surface area contributed by atoms with Crippen molar-refractivity contribution >= 4 is 23.4 Å². The van der Waals surface area contributed by atoms with E-state index in [4.69, 9.17) is 5.11 Å². The van der Waals surface area contributed by atoms with Gasteiger partial charge in [-0.25, -0.2) is 4.98 Å². The van der Waals surface area contributed by atoms with E-state index in [1.54, 1.807) is 6.07 Å². The lowest BCUT2D eigenvalue weighted by Crippen LogP contribution is -2.15. The first-order chi connectivity index (χ1) is 11.8. The van der Waals surface area contributed by atoms with Crippen molar-refractivity contribution in [2.75, 3.05) is 17.2 Å². The molecule has 0 bridgehead atoms. The van der Waals surface area contributed by atoms with Crippen molar-refractivity contribution in [3.63, 3.8) is 0 Å². The molecule has 0 atom stereocenters. The number of anilines is 3. The lowest BCUT2D eigenvalue weighted by atomic mass is 10.2. The summed E-state index contributed by atoms with van der Waals surface area (Å²) in [5.74, 6) is -0.176. The van der Waals surface area contributed by atoms with Crippen LogP contribution in [-0.4, -0.2) is 27.6 Å². The molecule has 0 saturated heterocycles. The van der Waals surface area contributed by atoms with Gasteiger partial charge in [0.15, 0.2) is 0 Å². The highest BCUT2D eigenvalue weighted by Gasteiger charge is 2.30. The molecule has 0 aliphatic heterocycles. The molecule has 2 aromatic rings. The van der Waals surface area contributed by atoms with Crippen molar-refractivity contribution < 1.29 is 23.1 Å². The minimum absolute atomic E-state index is 0.168. The van der Waals surface area contributed by atoms with E-state index in [9.17, 15) is 18.0 Å². The van der Waals surface area contributed by atoms with Gasteiger partial charge in [-0.05, 0) is 37.1 Å². The maximum Gasteiger partial charge on any atom is 0.416 e. The van der Waals surface area contributed by atoms with Crippen molar-refractivity contribution in [1.29, 1.82) is 0 Å². The molecule has 1 saturated carbocycles. The van der Waals surface area contributed by atoms with E-state index in [1.807, 2.05) is 0 Å². The van der Waals surface area contributed by atoms with Gasteiger partial charge in [-0.3, -0.25) is 4.79 Å². The smallest absolute Gasteiger partial charge is 0.416 e. The Morgan fingerprint density at radius 2 is 1.88 bits per heavy atom. The molecular formula is C16H15F3N4O2. The summed E-state index contributed by atoms with van der Waals surface area (Å²) in [7, 11) is 0. The van der Waals surface area contributed by atoms with Crippen LogP contribution in [0, 0.1) is 0 Å². The quantitative estimate of drug-likeness (QED) is 0.736. The van der Waals surface area contributed by atoms with Gasteiger partial charge >= 0.3 is 12.1 Å². The largest absolute Gasteiger partial charge is 0.480 e. The van der Waals surface area contributed by atoms with Gasteiger partial charge in [0, 0.05) is 17.7 Å². The topological polar surface area (TPSA) is 87.1 Å². The third-order valence-electron chi connectivity index (χ3n) is 3.62. The van der Waals surface area contributed by atoms with Crippen LogP contribution < -0.4 is 10.6 Å². The van der Waals surface area contributed by atoms with Crippen LogP contribution in [0.15, 0.2) is 30.3 Å². The number of carboxylic acids is 1. The Kier molecular flexibility index (Phi) is 4.47. The molecular weight excluding hydrogens is 337 g/mol. The first kappa shape index (κ1) is 17.0. The Balaban J connectivity index is 1.79. The number of aromatic nitrogens is 2. The average molecular weight is 352 g/mol. The van der Waals surface area contributed by atoms with Crippen molar-refractivity contribution in [1.82, 2.24) is 9.97 Å². The number of hydrogen-bond donors (Lipinski definition) is 3. The van der Waals surface area contributed by atoms with Crippen molar-refractivity contribution in [2.45, 2.75) is 24.9 Å². The number of nitrogens with zero attached hydrogens (tertiary/aromatic N) is 2. The molecule has 6 nitrogen and oxygen atoms in total. The number of nitrogens with one attached hydrogen (secondary N) is 2. The van der Waals surface area contributed by atoms with Crippen LogP contribution >= 0.6 is 0 Å². The second kappa shape index (κ2) is 6.58. The predicted octanol–water partition coefficient (Wildman–Crippen LogP) is 3.61. The minimum atomic E-state index is -4.39. The Bertz CT molecular complexity index is 774. The summed E-state index contributed by atoms with van der Waals surface area (Å²) >= 11 is 0. The number of alkyl halides is 3. The molecule has 3 rings (SSSR count). The fourth-order valence-corrected chi connectivity index (χ4v) is 2.24. The lowest BCUT2D eigenvalue weighted by Gasteiger charge is -2.11. The fraction of sp³-hybridized carbons (Fsp3) is 0.312. The van der Waals surface area contributed by atoms with Gasteiger partial charge in [0.2, 0.25) is 5.95 Å². The molecule has 0 spiro atoms. The molecule has 0 amide bonds. The van der Waals surface area contributed by atoms with E-state index >= 15 is 0 Å². The molecule has 1 aliphatic carbocycles. The van der Waals surface area contributed by atoms with Crippen LogP contribution in [0.5, 0.6) is 0 Å². The summed E-state index contributed by atoms with van der Waals surface area (Å²) in [4.78, 5) is 19.1. The van der Waals surface area contributed by atoms with Gasteiger partial charge in [-0.2, -0.15) is 18.2 Å². The molecule has 1 heterocycles. The average Bonchev–Trinajstić information content (AvgIpc) is 3.37. The third-order valence-corrected chi connectivity index (χ3v) is 3.62. The number of benzene rings is 1. The molecule has 1 fully saturated rings. The van der Waals surface area contributed by atoms with Crippen LogP contribution in [0.1, 0.15) is 30.0 Å². The van der Waals surface area contributed by atoms with Crippen molar-refractivity contribution in [3.8, 4) is 0 Å². The molecule has 1 aromatic carbocycles. The number of hydrogen-bond acceptors (Lipinski definition) is 5. The molecule has 3 N–H and O–H groups in total. The van der Waals surface area contributed by atoms with E-state index in [2.05, 4.69) is 20.6 Å². The number of rotatable bonds is 6. The van der Waals surface area contributed by atoms with Crippen LogP contribution in [0.4, 0.5) is 30.6 Å². The summed E-state index contributed by atoms with van der Waals surface area (Å²) in [5, 5.41) is 14.3. The van der Waals surface area contributed by atoms with E-state index in [1.165, 1.54) is 12.1 Å². The van der Waals surface area contributed by atoms with Crippen LogP contribution in [0.2, 0.25) is 0 Å². The lowest BCUT2D eigenvalue weighted by molar-refractivity contribution is -0.137. The second-order valence-electron chi connectivity index (χ2n) is 5.72. The number of aliphatic carboxylic acids is 1. The third kappa shape index (κ3) is 4.59. The maximum absolute atomic E-state index is 12.6. The number of carboxylic acid groups (broad SMARTS) is 1. The van der Waals surface area contributed by atoms with E-state index in [0.717, 1.165) is 30.7 Å². The molecule has 9 heteroatoms. The molecule has 0 radical (unpaired) electrons. The van der Waals surface area contributed by atoms with Gasteiger partial charge in [0.05, 0.1) is 11.3 Å². The van der Waals surface area contributed by atoms with E-state index in [0.29, 0.717) is 17.4 Å². The monoisotopic (exact) mass is 352 g/mol. The van der Waals surface area contributed by atoms with E-state index in [-0.39, 0.29) is 12.5 Å².